The van der Waals surface area contributed by atoms with Crippen LogP contribution in [0.2, 0.25) is 0 Å². The zero-order valence-electron chi connectivity index (χ0n) is 34.8. The summed E-state index contributed by atoms with van der Waals surface area (Å²) in [6.45, 7) is 13.3. The Labute approximate surface area is 350 Å². The van der Waals surface area contributed by atoms with Gasteiger partial charge < -0.3 is 82.8 Å². The summed E-state index contributed by atoms with van der Waals surface area (Å²) < 4.78 is 66.7. The minimum Gasteiger partial charge on any atom is -0.512 e. The number of nitrogens with one attached hydrogen (secondary N) is 2. The van der Waals surface area contributed by atoms with Crippen LogP contribution >= 0.6 is 0 Å². The van der Waals surface area contributed by atoms with E-state index >= 15 is 0 Å². The van der Waals surface area contributed by atoms with E-state index < -0.39 is 54.7 Å². The SMILES string of the molecule is C=C(O)C1[C@@H](O)[C@@H](COCCOCCOCCOc2cc(C(=O)OC)ccc2OCCOCCOCCOC[C@@H]2C[C@H](O)[C@@H](NC(C)=O)[C@@H](OC)O2)OC(=C)[C@@H]1NC(C)=O. The van der Waals surface area contributed by atoms with Crippen molar-refractivity contribution in [1.82, 2.24) is 10.6 Å². The van der Waals surface area contributed by atoms with Crippen molar-refractivity contribution in [2.24, 2.45) is 5.92 Å². The minimum atomic E-state index is -1.19. The van der Waals surface area contributed by atoms with Crippen molar-refractivity contribution < 1.29 is 86.5 Å². The van der Waals surface area contributed by atoms with Gasteiger partial charge in [-0.2, -0.15) is 0 Å². The Morgan fingerprint density at radius 1 is 0.767 bits per heavy atom. The molecule has 60 heavy (non-hydrogen) atoms. The second-order valence-electron chi connectivity index (χ2n) is 13.6. The number of amides is 2. The Balaban J connectivity index is 1.24. The third-order valence-corrected chi connectivity index (χ3v) is 9.05. The first-order valence-electron chi connectivity index (χ1n) is 19.6. The molecule has 2 saturated heterocycles. The maximum atomic E-state index is 12.1. The number of hydrogen-bond donors (Lipinski definition) is 5. The lowest BCUT2D eigenvalue weighted by Crippen LogP contribution is -2.58. The summed E-state index contributed by atoms with van der Waals surface area (Å²) >= 11 is 0. The quantitative estimate of drug-likeness (QED) is 0.0416. The summed E-state index contributed by atoms with van der Waals surface area (Å²) in [6.07, 6.45) is -3.74. The Kier molecular flexibility index (Phi) is 23.2. The zero-order valence-corrected chi connectivity index (χ0v) is 34.8. The maximum Gasteiger partial charge on any atom is 0.337 e. The fourth-order valence-electron chi connectivity index (χ4n) is 6.21. The molecule has 0 spiro atoms. The highest BCUT2D eigenvalue weighted by Crippen LogP contribution is 2.32. The molecule has 20 heteroatoms. The lowest BCUT2D eigenvalue weighted by Gasteiger charge is -2.41. The highest BCUT2D eigenvalue weighted by atomic mass is 16.7. The molecule has 3 rings (SSSR count). The van der Waals surface area contributed by atoms with E-state index in [2.05, 4.69) is 23.8 Å². The summed E-state index contributed by atoms with van der Waals surface area (Å²) in [6, 6.07) is 3.23. The molecule has 0 aliphatic carbocycles. The molecule has 1 aromatic carbocycles. The molecule has 0 saturated carbocycles. The zero-order chi connectivity index (χ0) is 43.9. The van der Waals surface area contributed by atoms with Crippen LogP contribution in [0.5, 0.6) is 11.5 Å². The normalized spacial score (nSPS) is 23.9. The molecule has 0 aromatic heterocycles. The molecule has 2 amide bonds. The fourth-order valence-corrected chi connectivity index (χ4v) is 6.21. The van der Waals surface area contributed by atoms with Gasteiger partial charge in [0.2, 0.25) is 11.8 Å². The second kappa shape index (κ2) is 27.7. The van der Waals surface area contributed by atoms with Crippen molar-refractivity contribution >= 4 is 17.8 Å². The van der Waals surface area contributed by atoms with Crippen LogP contribution in [0.4, 0.5) is 0 Å². The standard InChI is InChI=1S/C40H62N2O18/c1-25(43)35-36(41-27(3)44)26(2)59-34(38(35)47)24-56-16-14-52-10-12-54-18-20-58-33-21-29(39(48)49-5)7-8-32(33)57-19-17-53-11-9-51-13-15-55-23-30-22-31(46)37(42-28(4)45)40(50-6)60-30/h7-8,21,30-31,34-38,40,43,46-47H,1-2,9-20,22-24H2,3-6H3,(H,41,44)(H,42,45)/t30-,31-,34+,35?,36-,37+,38-,40-/m0/s1. The minimum absolute atomic E-state index is 0.00959. The van der Waals surface area contributed by atoms with Crippen molar-refractivity contribution in [2.45, 2.75) is 63.1 Å². The summed E-state index contributed by atoms with van der Waals surface area (Å²) in [5.41, 5.74) is 0.287. The van der Waals surface area contributed by atoms with Gasteiger partial charge in [-0.25, -0.2) is 4.79 Å². The van der Waals surface area contributed by atoms with Crippen LogP contribution in [0.15, 0.2) is 42.9 Å². The monoisotopic (exact) mass is 858 g/mol. The third-order valence-electron chi connectivity index (χ3n) is 9.05. The van der Waals surface area contributed by atoms with Gasteiger partial charge in [0.15, 0.2) is 17.8 Å². The average molecular weight is 859 g/mol. The number of carbonyl (C=O) groups excluding carboxylic acids is 3. The van der Waals surface area contributed by atoms with Gasteiger partial charge in [0.25, 0.3) is 0 Å². The molecule has 340 valence electrons. The van der Waals surface area contributed by atoms with Gasteiger partial charge in [0, 0.05) is 27.4 Å². The lowest BCUT2D eigenvalue weighted by molar-refractivity contribution is -0.230. The first-order valence-corrected chi connectivity index (χ1v) is 19.6. The van der Waals surface area contributed by atoms with Crippen LogP contribution in [0.1, 0.15) is 30.6 Å². The van der Waals surface area contributed by atoms with Gasteiger partial charge in [0.1, 0.15) is 37.2 Å². The lowest BCUT2D eigenvalue weighted by atomic mass is 9.85. The molecular formula is C40H62N2O18. The number of methoxy groups -OCH3 is 2. The van der Waals surface area contributed by atoms with E-state index in [1.807, 2.05) is 0 Å². The van der Waals surface area contributed by atoms with Gasteiger partial charge in [-0.05, 0) is 18.2 Å². The molecule has 20 nitrogen and oxygen atoms in total. The van der Waals surface area contributed by atoms with E-state index in [4.69, 9.17) is 56.8 Å². The van der Waals surface area contributed by atoms with Crippen LogP contribution in [0.3, 0.4) is 0 Å². The number of rotatable bonds is 29. The number of carbonyl (C=O) groups is 3. The number of aliphatic hydroxyl groups is 3. The Morgan fingerprint density at radius 2 is 1.30 bits per heavy atom. The van der Waals surface area contributed by atoms with Crippen LogP contribution in [-0.4, -0.2) is 183 Å². The van der Waals surface area contributed by atoms with Crippen LogP contribution in [-0.2, 0) is 57.0 Å². The van der Waals surface area contributed by atoms with Crippen molar-refractivity contribution in [1.29, 1.82) is 0 Å². The third kappa shape index (κ3) is 17.5. The second-order valence-corrected chi connectivity index (χ2v) is 13.6. The molecule has 1 unspecified atom stereocenters. The van der Waals surface area contributed by atoms with Crippen LogP contribution in [0.25, 0.3) is 0 Å². The van der Waals surface area contributed by atoms with Gasteiger partial charge in [-0.3, -0.25) is 9.59 Å². The molecule has 0 bridgehead atoms. The average Bonchev–Trinajstić information content (AvgIpc) is 3.20. The molecule has 2 fully saturated rings. The highest BCUT2D eigenvalue weighted by Gasteiger charge is 2.44. The van der Waals surface area contributed by atoms with E-state index in [9.17, 15) is 29.7 Å². The van der Waals surface area contributed by atoms with E-state index in [1.165, 1.54) is 34.1 Å². The number of aliphatic hydroxyl groups excluding tert-OH is 3. The predicted molar refractivity (Wildman–Crippen MR) is 210 cm³/mol. The van der Waals surface area contributed by atoms with Gasteiger partial charge >= 0.3 is 5.97 Å². The van der Waals surface area contributed by atoms with Crippen molar-refractivity contribution in [2.75, 3.05) is 107 Å². The fraction of sp³-hybridized carbons (Fsp3) is 0.675. The van der Waals surface area contributed by atoms with Crippen LogP contribution < -0.4 is 20.1 Å². The molecule has 0 radical (unpaired) electrons. The molecular weight excluding hydrogens is 796 g/mol. The Hall–Kier alpha value is -4.09. The first kappa shape index (κ1) is 50.3. The van der Waals surface area contributed by atoms with E-state index in [1.54, 1.807) is 12.1 Å². The Bertz CT molecular complexity index is 1480. The number of esters is 1. The maximum absolute atomic E-state index is 12.1. The molecule has 5 N–H and O–H groups in total. The highest BCUT2D eigenvalue weighted by molar-refractivity contribution is 5.90. The van der Waals surface area contributed by atoms with Crippen LogP contribution in [0, 0.1) is 5.92 Å². The van der Waals surface area contributed by atoms with Crippen molar-refractivity contribution in [3.05, 3.63) is 48.4 Å². The van der Waals surface area contributed by atoms with E-state index in [-0.39, 0.29) is 101 Å². The topological polar surface area (TPSA) is 247 Å². The summed E-state index contributed by atoms with van der Waals surface area (Å²) in [5.74, 6) is -1.48. The number of hydrogen-bond acceptors (Lipinski definition) is 18. The molecule has 2 aliphatic heterocycles. The molecule has 2 heterocycles. The van der Waals surface area contributed by atoms with Gasteiger partial charge in [-0.15, -0.1) is 0 Å². The van der Waals surface area contributed by atoms with E-state index in [0.717, 1.165) is 0 Å². The first-order chi connectivity index (χ1) is 28.9. The summed E-state index contributed by atoms with van der Waals surface area (Å²) in [5, 5.41) is 36.4. The van der Waals surface area contributed by atoms with Gasteiger partial charge in [-0.1, -0.05) is 13.2 Å². The van der Waals surface area contributed by atoms with Gasteiger partial charge in [0.05, 0.1) is 122 Å². The molecule has 8 atom stereocenters. The van der Waals surface area contributed by atoms with E-state index in [0.29, 0.717) is 37.9 Å². The van der Waals surface area contributed by atoms with Crippen molar-refractivity contribution in [3.63, 3.8) is 0 Å². The van der Waals surface area contributed by atoms with Crippen molar-refractivity contribution in [3.8, 4) is 11.5 Å². The molecule has 1 aromatic rings. The molecule has 2 aliphatic rings. The smallest absolute Gasteiger partial charge is 0.337 e. The summed E-state index contributed by atoms with van der Waals surface area (Å²) in [4.78, 5) is 35.1. The largest absolute Gasteiger partial charge is 0.512 e. The Morgan fingerprint density at radius 3 is 1.83 bits per heavy atom. The summed E-state index contributed by atoms with van der Waals surface area (Å²) in [7, 11) is 2.73. The number of benzene rings is 1. The predicted octanol–water partition coefficient (Wildman–Crippen LogP) is 0.423. The number of ether oxygens (including phenoxy) is 12.